The summed E-state index contributed by atoms with van der Waals surface area (Å²) in [6.45, 7) is 1.60. The number of carbonyl (C=O) groups is 1. The predicted octanol–water partition coefficient (Wildman–Crippen LogP) is 4.83. The van der Waals surface area contributed by atoms with E-state index in [9.17, 15) is 31.1 Å². The molecule has 4 rings (SSSR count). The zero-order chi connectivity index (χ0) is 26.5. The van der Waals surface area contributed by atoms with Crippen molar-refractivity contribution in [2.75, 3.05) is 16.9 Å². The number of alkyl halides is 6. The Bertz CT molecular complexity index is 1230. The fraction of sp³-hybridized carbons (Fsp3) is 0.368. The van der Waals surface area contributed by atoms with Crippen molar-refractivity contribution in [1.82, 2.24) is 20.7 Å². The van der Waals surface area contributed by atoms with Crippen molar-refractivity contribution in [2.45, 2.75) is 37.5 Å². The molecule has 2 aliphatic heterocycles. The van der Waals surface area contributed by atoms with Gasteiger partial charge in [-0.2, -0.15) is 31.8 Å². The number of nitrogens with one attached hydrogen (secondary N) is 3. The second-order valence-corrected chi connectivity index (χ2v) is 8.75. The number of carbonyl (C=O) groups excluding carboxylic acids is 1. The molecule has 1 fully saturated rings. The molecule has 2 atom stereocenters. The van der Waals surface area contributed by atoms with E-state index in [1.54, 1.807) is 0 Å². The number of hydrogen-bond donors (Lipinski definition) is 3. The van der Waals surface area contributed by atoms with E-state index >= 15 is 0 Å². The Morgan fingerprint density at radius 3 is 2.31 bits per heavy atom. The van der Waals surface area contributed by atoms with Crippen LogP contribution in [0.2, 0.25) is 10.0 Å². The summed E-state index contributed by atoms with van der Waals surface area (Å²) in [5.74, 6) is -0.249. The average Bonchev–Trinajstić information content (AvgIpc) is 3.36. The SMILES string of the molecule is C[C@@]1(C2=NO[C@@H](CNc3ncc(C(F)(F)F)cc3Cl)C2)NC(=O)N(c2ncc(C(F)(F)F)cc2Cl)N1. The molecule has 0 aromatic carbocycles. The summed E-state index contributed by atoms with van der Waals surface area (Å²) in [6.07, 6.45) is -8.50. The Labute approximate surface area is 208 Å². The van der Waals surface area contributed by atoms with E-state index in [0.717, 1.165) is 11.1 Å². The van der Waals surface area contributed by atoms with E-state index in [1.807, 2.05) is 0 Å². The molecule has 2 aromatic rings. The molecule has 36 heavy (non-hydrogen) atoms. The first-order chi connectivity index (χ1) is 16.7. The number of amides is 2. The summed E-state index contributed by atoms with van der Waals surface area (Å²) in [5, 5.41) is 9.53. The van der Waals surface area contributed by atoms with Gasteiger partial charge in [-0.05, 0) is 19.1 Å². The van der Waals surface area contributed by atoms with E-state index in [4.69, 9.17) is 28.0 Å². The maximum atomic E-state index is 12.9. The van der Waals surface area contributed by atoms with Gasteiger partial charge in [0.2, 0.25) is 0 Å². The van der Waals surface area contributed by atoms with Crippen LogP contribution in [-0.4, -0.2) is 40.0 Å². The number of anilines is 2. The Balaban J connectivity index is 1.39. The highest BCUT2D eigenvalue weighted by Crippen LogP contribution is 2.35. The Hall–Kier alpha value is -3.04. The molecule has 2 aliphatic rings. The van der Waals surface area contributed by atoms with Crippen LogP contribution in [0.5, 0.6) is 0 Å². The van der Waals surface area contributed by atoms with Gasteiger partial charge in [-0.15, -0.1) is 0 Å². The smallest absolute Gasteiger partial charge is 0.390 e. The van der Waals surface area contributed by atoms with Gasteiger partial charge < -0.3 is 15.5 Å². The molecule has 0 spiro atoms. The summed E-state index contributed by atoms with van der Waals surface area (Å²) in [7, 11) is 0. The number of oxime groups is 1. The van der Waals surface area contributed by atoms with Crippen LogP contribution in [0.3, 0.4) is 0 Å². The third kappa shape index (κ3) is 5.22. The van der Waals surface area contributed by atoms with Crippen LogP contribution in [-0.2, 0) is 17.2 Å². The van der Waals surface area contributed by atoms with Crippen molar-refractivity contribution in [1.29, 1.82) is 0 Å². The number of halogens is 8. The molecule has 2 aromatic heterocycles. The Morgan fingerprint density at radius 1 is 1.11 bits per heavy atom. The number of nitrogens with zero attached hydrogens (tertiary/aromatic N) is 4. The quantitative estimate of drug-likeness (QED) is 0.455. The lowest BCUT2D eigenvalue weighted by Gasteiger charge is -2.24. The molecule has 1 saturated heterocycles. The van der Waals surface area contributed by atoms with Crippen LogP contribution in [0.15, 0.2) is 29.7 Å². The van der Waals surface area contributed by atoms with Gasteiger partial charge in [0.15, 0.2) is 5.82 Å². The van der Waals surface area contributed by atoms with Gasteiger partial charge in [0, 0.05) is 18.8 Å². The van der Waals surface area contributed by atoms with Gasteiger partial charge in [-0.1, -0.05) is 28.4 Å². The molecule has 17 heteroatoms. The van der Waals surface area contributed by atoms with Gasteiger partial charge >= 0.3 is 18.4 Å². The van der Waals surface area contributed by atoms with Crippen LogP contribution in [0.25, 0.3) is 0 Å². The molecule has 2 amide bonds. The molecule has 3 N–H and O–H groups in total. The Morgan fingerprint density at radius 2 is 1.72 bits per heavy atom. The standard InChI is InChI=1S/C19H15Cl2F6N7O2/c1-17(31-16(35)34(33-17)15-12(21)3-9(6-30-15)19(25,26)27)13-4-10(36-32-13)7-29-14-11(20)2-8(5-28-14)18(22,23)24/h2-3,5-6,10,33H,4,7H2,1H3,(H,28,29)(H,31,35)/t10-,17-/m1/s1. The summed E-state index contributed by atoms with van der Waals surface area (Å²) >= 11 is 11.8. The third-order valence-corrected chi connectivity index (χ3v) is 5.80. The van der Waals surface area contributed by atoms with Gasteiger partial charge in [0.1, 0.15) is 23.3 Å². The van der Waals surface area contributed by atoms with Gasteiger partial charge in [-0.25, -0.2) is 19.8 Å². The van der Waals surface area contributed by atoms with E-state index in [1.165, 1.54) is 6.92 Å². The van der Waals surface area contributed by atoms with Crippen molar-refractivity contribution in [3.63, 3.8) is 0 Å². The number of urea groups is 1. The van der Waals surface area contributed by atoms with Crippen molar-refractivity contribution < 1.29 is 36.0 Å². The number of hydrogen-bond acceptors (Lipinski definition) is 7. The molecule has 0 saturated carbocycles. The van der Waals surface area contributed by atoms with Crippen LogP contribution in [0, 0.1) is 0 Å². The molecule has 194 valence electrons. The maximum Gasteiger partial charge on any atom is 0.417 e. The topological polar surface area (TPSA) is 104 Å². The van der Waals surface area contributed by atoms with E-state index in [2.05, 4.69) is 31.2 Å². The first kappa shape index (κ1) is 26.0. The minimum absolute atomic E-state index is 0.00872. The van der Waals surface area contributed by atoms with Crippen molar-refractivity contribution >= 4 is 46.6 Å². The van der Waals surface area contributed by atoms with Crippen LogP contribution >= 0.6 is 23.2 Å². The van der Waals surface area contributed by atoms with Crippen molar-refractivity contribution in [3.8, 4) is 0 Å². The van der Waals surface area contributed by atoms with Gasteiger partial charge in [0.05, 0.1) is 27.7 Å². The number of rotatable bonds is 5. The first-order valence-electron chi connectivity index (χ1n) is 10.00. The lowest BCUT2D eigenvalue weighted by atomic mass is 10.0. The highest BCUT2D eigenvalue weighted by molar-refractivity contribution is 6.33. The number of aromatic nitrogens is 2. The molecular formula is C19H15Cl2F6N7O2. The maximum absolute atomic E-state index is 12.9. The lowest BCUT2D eigenvalue weighted by Crippen LogP contribution is -2.55. The van der Waals surface area contributed by atoms with Crippen LogP contribution in [0.4, 0.5) is 42.8 Å². The molecular weight excluding hydrogens is 543 g/mol. The highest BCUT2D eigenvalue weighted by Gasteiger charge is 2.47. The monoisotopic (exact) mass is 557 g/mol. The third-order valence-electron chi connectivity index (χ3n) is 5.23. The largest absolute Gasteiger partial charge is 0.417 e. The molecule has 0 radical (unpaired) electrons. The molecule has 0 unspecified atom stereocenters. The zero-order valence-corrected chi connectivity index (χ0v) is 19.4. The molecule has 0 bridgehead atoms. The lowest BCUT2D eigenvalue weighted by molar-refractivity contribution is -0.138. The van der Waals surface area contributed by atoms with Crippen molar-refractivity contribution in [2.24, 2.45) is 5.16 Å². The summed E-state index contributed by atoms with van der Waals surface area (Å²) in [4.78, 5) is 25.2. The average molecular weight is 558 g/mol. The summed E-state index contributed by atoms with van der Waals surface area (Å²) in [5.41, 5.74) is -0.286. The van der Waals surface area contributed by atoms with Crippen LogP contribution in [0.1, 0.15) is 24.5 Å². The minimum atomic E-state index is -4.66. The molecule has 0 aliphatic carbocycles. The minimum Gasteiger partial charge on any atom is -0.390 e. The Kier molecular flexibility index (Phi) is 6.59. The molecule has 4 heterocycles. The highest BCUT2D eigenvalue weighted by atomic mass is 35.5. The zero-order valence-electron chi connectivity index (χ0n) is 17.9. The van der Waals surface area contributed by atoms with E-state index in [-0.39, 0.29) is 29.6 Å². The van der Waals surface area contributed by atoms with Gasteiger partial charge in [-0.3, -0.25) is 0 Å². The fourth-order valence-electron chi connectivity index (χ4n) is 3.37. The molecule has 9 nitrogen and oxygen atoms in total. The second kappa shape index (κ2) is 9.12. The van der Waals surface area contributed by atoms with Crippen molar-refractivity contribution in [3.05, 3.63) is 45.7 Å². The van der Waals surface area contributed by atoms with E-state index in [0.29, 0.717) is 24.2 Å². The fourth-order valence-corrected chi connectivity index (χ4v) is 3.86. The van der Waals surface area contributed by atoms with Crippen LogP contribution < -0.4 is 21.1 Å². The van der Waals surface area contributed by atoms with E-state index < -0.39 is 46.3 Å². The number of hydrazine groups is 1. The number of pyridine rings is 2. The normalized spacial score (nSPS) is 22.4. The summed E-state index contributed by atoms with van der Waals surface area (Å²) < 4.78 is 76.9. The second-order valence-electron chi connectivity index (χ2n) is 7.93. The predicted molar refractivity (Wildman–Crippen MR) is 116 cm³/mol. The summed E-state index contributed by atoms with van der Waals surface area (Å²) in [6, 6.07) is 0.631. The first-order valence-corrected chi connectivity index (χ1v) is 10.8. The van der Waals surface area contributed by atoms with Gasteiger partial charge in [0.25, 0.3) is 0 Å².